The molecule has 32 heavy (non-hydrogen) atoms. The summed E-state index contributed by atoms with van der Waals surface area (Å²) in [5.41, 5.74) is 1.39. The molecule has 1 aliphatic heterocycles. The number of hydrogen-bond donors (Lipinski definition) is 3. The van der Waals surface area contributed by atoms with Crippen LogP contribution in [0.4, 0.5) is 24.5 Å². The summed E-state index contributed by atoms with van der Waals surface area (Å²) in [4.78, 5) is 35.9. The maximum atomic E-state index is 12.2. The molecular weight excluding hydrogens is 449 g/mol. The predicted octanol–water partition coefficient (Wildman–Crippen LogP) is 4.50. The maximum Gasteiger partial charge on any atom is 0.490 e. The van der Waals surface area contributed by atoms with Crippen molar-refractivity contribution in [3.05, 3.63) is 46.2 Å². The van der Waals surface area contributed by atoms with Gasteiger partial charge in [-0.05, 0) is 48.4 Å². The highest BCUT2D eigenvalue weighted by Gasteiger charge is 2.38. The van der Waals surface area contributed by atoms with E-state index < -0.39 is 18.1 Å². The Labute approximate surface area is 186 Å². The zero-order valence-electron chi connectivity index (χ0n) is 17.2. The van der Waals surface area contributed by atoms with Crippen molar-refractivity contribution in [3.63, 3.8) is 0 Å². The molecule has 2 heterocycles. The largest absolute Gasteiger partial charge is 0.490 e. The molecule has 2 aromatic rings. The highest BCUT2D eigenvalue weighted by molar-refractivity contribution is 7.10. The number of carboxylic acids is 2. The lowest BCUT2D eigenvalue weighted by Crippen LogP contribution is -2.34. The molecule has 3 N–H and O–H groups in total. The lowest BCUT2D eigenvalue weighted by molar-refractivity contribution is -0.192. The van der Waals surface area contributed by atoms with E-state index in [-0.39, 0.29) is 17.9 Å². The van der Waals surface area contributed by atoms with Gasteiger partial charge in [0.05, 0.1) is 17.7 Å². The van der Waals surface area contributed by atoms with Gasteiger partial charge in [0.2, 0.25) is 5.91 Å². The van der Waals surface area contributed by atoms with E-state index in [4.69, 9.17) is 9.90 Å². The Hall–Kier alpha value is -3.08. The number of alkyl halides is 3. The fraction of sp³-hybridized carbons (Fsp3) is 0.381. The van der Waals surface area contributed by atoms with Crippen LogP contribution in [0.5, 0.6) is 0 Å². The first-order chi connectivity index (χ1) is 15.0. The third-order valence-electron chi connectivity index (χ3n) is 4.69. The average Bonchev–Trinajstić information content (AvgIpc) is 3.20. The monoisotopic (exact) mass is 472 g/mol. The van der Waals surface area contributed by atoms with Gasteiger partial charge in [-0.2, -0.15) is 13.2 Å². The molecule has 1 aromatic carbocycles. The zero-order valence-corrected chi connectivity index (χ0v) is 18.0. The first kappa shape index (κ1) is 25.2. The van der Waals surface area contributed by atoms with Crippen molar-refractivity contribution in [1.29, 1.82) is 0 Å². The van der Waals surface area contributed by atoms with Gasteiger partial charge in [-0.3, -0.25) is 4.79 Å². The topological polar surface area (TPSA) is 107 Å². The smallest absolute Gasteiger partial charge is 0.478 e. The van der Waals surface area contributed by atoms with Gasteiger partial charge in [-0.1, -0.05) is 13.0 Å². The van der Waals surface area contributed by atoms with E-state index in [0.29, 0.717) is 11.6 Å². The highest BCUT2D eigenvalue weighted by atomic mass is 32.1. The number of hydrogen-bond acceptors (Lipinski definition) is 5. The number of rotatable bonds is 5. The summed E-state index contributed by atoms with van der Waals surface area (Å²) in [6.07, 6.45) is -2.51. The molecule has 1 atom stereocenters. The average molecular weight is 472 g/mol. The van der Waals surface area contributed by atoms with E-state index in [9.17, 15) is 27.9 Å². The van der Waals surface area contributed by atoms with Crippen LogP contribution in [0.3, 0.4) is 0 Å². The van der Waals surface area contributed by atoms with Gasteiger partial charge < -0.3 is 20.4 Å². The van der Waals surface area contributed by atoms with E-state index >= 15 is 0 Å². The molecule has 1 aromatic heterocycles. The van der Waals surface area contributed by atoms with Crippen LogP contribution in [-0.2, 0) is 16.0 Å². The summed E-state index contributed by atoms with van der Waals surface area (Å²) >= 11 is 1.51. The van der Waals surface area contributed by atoms with Crippen molar-refractivity contribution in [2.45, 2.75) is 32.4 Å². The number of aromatic carboxylic acids is 1. The number of carbonyl (C=O) groups is 3. The number of benzene rings is 1. The first-order valence-corrected chi connectivity index (χ1v) is 10.6. The molecule has 1 saturated heterocycles. The number of thiophene rings is 1. The minimum Gasteiger partial charge on any atom is -0.478 e. The van der Waals surface area contributed by atoms with E-state index in [1.165, 1.54) is 17.8 Å². The second kappa shape index (κ2) is 11.0. The number of nitrogens with one attached hydrogen (secondary N) is 1. The van der Waals surface area contributed by atoms with Crippen molar-refractivity contribution in [1.82, 2.24) is 0 Å². The normalized spacial score (nSPS) is 16.0. The number of carbonyl (C=O) groups excluding carboxylic acids is 1. The van der Waals surface area contributed by atoms with Crippen molar-refractivity contribution in [3.8, 4) is 0 Å². The van der Waals surface area contributed by atoms with Crippen LogP contribution in [-0.4, -0.2) is 47.3 Å². The van der Waals surface area contributed by atoms with Gasteiger partial charge in [0, 0.05) is 23.7 Å². The van der Waals surface area contributed by atoms with Gasteiger partial charge >= 0.3 is 18.1 Å². The van der Waals surface area contributed by atoms with Gasteiger partial charge in [-0.15, -0.1) is 11.3 Å². The predicted molar refractivity (Wildman–Crippen MR) is 114 cm³/mol. The minimum atomic E-state index is -5.08. The van der Waals surface area contributed by atoms with Gasteiger partial charge in [-0.25, -0.2) is 9.59 Å². The molecule has 0 spiro atoms. The van der Waals surface area contributed by atoms with Crippen LogP contribution in [0.2, 0.25) is 0 Å². The lowest BCUT2D eigenvalue weighted by Gasteiger charge is -2.33. The highest BCUT2D eigenvalue weighted by Crippen LogP contribution is 2.27. The third kappa shape index (κ3) is 7.56. The SMILES string of the molecule is CC1CCCN(c2ccc(NC(=O)Cc3cccs3)c(C(=O)O)c2)C1.O=C(O)C(F)(F)F. The van der Waals surface area contributed by atoms with Crippen molar-refractivity contribution < 1.29 is 37.8 Å². The number of carboxylic acid groups (broad SMARTS) is 2. The Morgan fingerprint density at radius 2 is 1.91 bits per heavy atom. The molecule has 1 unspecified atom stereocenters. The summed E-state index contributed by atoms with van der Waals surface area (Å²) in [6, 6.07) is 9.05. The number of halogens is 3. The van der Waals surface area contributed by atoms with Crippen LogP contribution in [0.15, 0.2) is 35.7 Å². The molecule has 7 nitrogen and oxygen atoms in total. The fourth-order valence-corrected chi connectivity index (χ4v) is 3.91. The molecule has 0 radical (unpaired) electrons. The van der Waals surface area contributed by atoms with Gasteiger partial charge in [0.25, 0.3) is 0 Å². The van der Waals surface area contributed by atoms with Crippen LogP contribution in [0.25, 0.3) is 0 Å². The molecular formula is C21H23F3N2O5S. The molecule has 3 rings (SSSR count). The maximum absolute atomic E-state index is 12.2. The number of aliphatic carboxylic acids is 1. The lowest BCUT2D eigenvalue weighted by atomic mass is 9.99. The Morgan fingerprint density at radius 1 is 1.22 bits per heavy atom. The molecule has 1 fully saturated rings. The molecule has 1 amide bonds. The zero-order chi connectivity index (χ0) is 23.9. The molecule has 11 heteroatoms. The standard InChI is InChI=1S/C19H22N2O3S.C2HF3O2/c1-13-4-2-8-21(12-13)14-6-7-17(16(10-14)19(23)24)20-18(22)11-15-5-3-9-25-15;3-2(4,5)1(6)7/h3,5-7,9-10,13H,2,4,8,11-12H2,1H3,(H,20,22)(H,23,24);(H,6,7). The van der Waals surface area contributed by atoms with E-state index in [2.05, 4.69) is 17.1 Å². The Balaban J connectivity index is 0.000000451. The van der Waals surface area contributed by atoms with Crippen molar-refractivity contribution >= 4 is 40.6 Å². The Morgan fingerprint density at radius 3 is 2.44 bits per heavy atom. The van der Waals surface area contributed by atoms with Gasteiger partial charge in [0.1, 0.15) is 0 Å². The molecule has 174 valence electrons. The second-order valence-electron chi connectivity index (χ2n) is 7.34. The molecule has 0 saturated carbocycles. The molecule has 0 bridgehead atoms. The summed E-state index contributed by atoms with van der Waals surface area (Å²) in [5.74, 6) is -3.39. The number of nitrogens with zero attached hydrogens (tertiary/aromatic N) is 1. The number of anilines is 2. The fourth-order valence-electron chi connectivity index (χ4n) is 3.20. The van der Waals surface area contributed by atoms with Crippen LogP contribution in [0.1, 0.15) is 35.0 Å². The molecule has 0 aliphatic carbocycles. The molecule has 1 aliphatic rings. The Bertz CT molecular complexity index is 947. The quantitative estimate of drug-likeness (QED) is 0.592. The minimum absolute atomic E-state index is 0.134. The number of amides is 1. The summed E-state index contributed by atoms with van der Waals surface area (Å²) in [6.45, 7) is 4.08. The van der Waals surface area contributed by atoms with Crippen molar-refractivity contribution in [2.75, 3.05) is 23.3 Å². The Kier molecular flexibility index (Phi) is 8.64. The van der Waals surface area contributed by atoms with E-state index in [1.54, 1.807) is 12.1 Å². The number of piperidine rings is 1. The van der Waals surface area contributed by atoms with E-state index in [1.807, 2.05) is 23.6 Å². The summed E-state index contributed by atoms with van der Waals surface area (Å²) in [5, 5.41) is 21.3. The summed E-state index contributed by atoms with van der Waals surface area (Å²) < 4.78 is 31.7. The van der Waals surface area contributed by atoms with Crippen LogP contribution in [0, 0.1) is 5.92 Å². The van der Waals surface area contributed by atoms with Crippen LogP contribution < -0.4 is 10.2 Å². The first-order valence-electron chi connectivity index (χ1n) is 9.72. The van der Waals surface area contributed by atoms with Crippen molar-refractivity contribution in [2.24, 2.45) is 5.92 Å². The second-order valence-corrected chi connectivity index (χ2v) is 8.37. The summed E-state index contributed by atoms with van der Waals surface area (Å²) in [7, 11) is 0. The van der Waals surface area contributed by atoms with E-state index in [0.717, 1.165) is 30.1 Å². The van der Waals surface area contributed by atoms with Gasteiger partial charge in [0.15, 0.2) is 0 Å². The van der Waals surface area contributed by atoms with Crippen LogP contribution >= 0.6 is 11.3 Å². The third-order valence-corrected chi connectivity index (χ3v) is 5.56.